The zero-order chi connectivity index (χ0) is 12.8. The van der Waals surface area contributed by atoms with Crippen LogP contribution in [0.3, 0.4) is 0 Å². The van der Waals surface area contributed by atoms with Crippen LogP contribution < -0.4 is 5.32 Å². The van der Waals surface area contributed by atoms with Crippen LogP contribution in [0, 0.1) is 22.5 Å². The molecule has 1 N–H and O–H groups in total. The van der Waals surface area contributed by atoms with E-state index in [1.165, 1.54) is 6.07 Å². The number of hydrogen-bond donors (Lipinski definition) is 1. The van der Waals surface area contributed by atoms with Crippen molar-refractivity contribution < 1.29 is 4.92 Å². The minimum Gasteiger partial charge on any atom is -0.307 e. The van der Waals surface area contributed by atoms with Gasteiger partial charge in [0, 0.05) is 30.6 Å². The van der Waals surface area contributed by atoms with Crippen molar-refractivity contribution in [3.05, 3.63) is 39.9 Å². The van der Waals surface area contributed by atoms with Crippen LogP contribution in [-0.4, -0.2) is 11.0 Å². The summed E-state index contributed by atoms with van der Waals surface area (Å²) in [7, 11) is 0. The van der Waals surface area contributed by atoms with Crippen molar-refractivity contribution >= 4 is 5.69 Å². The Morgan fingerprint density at radius 3 is 2.82 bits per heavy atom. The van der Waals surface area contributed by atoms with Crippen molar-refractivity contribution in [1.29, 1.82) is 0 Å². The number of nitro benzene ring substituents is 1. The fourth-order valence-corrected chi connectivity index (χ4v) is 1.67. The number of rotatable bonds is 5. The van der Waals surface area contributed by atoms with Crippen LogP contribution in [-0.2, 0) is 0 Å². The summed E-state index contributed by atoms with van der Waals surface area (Å²) in [6.45, 7) is 3.96. The molecule has 1 aromatic carbocycles. The first-order valence-corrected chi connectivity index (χ1v) is 5.48. The average Bonchev–Trinajstić information content (AvgIpc) is 2.29. The number of hydrogen-bond acceptors (Lipinski definition) is 3. The Morgan fingerprint density at radius 2 is 2.24 bits per heavy atom. The van der Waals surface area contributed by atoms with Gasteiger partial charge in [-0.1, -0.05) is 12.1 Å². The van der Waals surface area contributed by atoms with Gasteiger partial charge < -0.3 is 5.32 Å². The lowest BCUT2D eigenvalue weighted by atomic mass is 10.1. The highest BCUT2D eigenvalue weighted by molar-refractivity contribution is 5.35. The van der Waals surface area contributed by atoms with E-state index in [9.17, 15) is 10.1 Å². The van der Waals surface area contributed by atoms with Gasteiger partial charge in [0.05, 0.1) is 4.92 Å². The van der Waals surface area contributed by atoms with Gasteiger partial charge in [-0.3, -0.25) is 10.1 Å². The molecule has 0 aliphatic carbocycles. The van der Waals surface area contributed by atoms with E-state index in [1.54, 1.807) is 12.1 Å². The fraction of sp³-hybridized carbons (Fsp3) is 0.385. The molecule has 1 aromatic rings. The molecule has 0 aliphatic heterocycles. The normalized spacial score (nSPS) is 13.7. The molecular weight excluding hydrogens is 216 g/mol. The third-order valence-corrected chi connectivity index (χ3v) is 2.54. The van der Waals surface area contributed by atoms with Crippen LogP contribution in [0.2, 0.25) is 0 Å². The van der Waals surface area contributed by atoms with E-state index in [1.807, 2.05) is 19.9 Å². The molecule has 0 aromatic heterocycles. The molecule has 4 nitrogen and oxygen atoms in total. The van der Waals surface area contributed by atoms with E-state index in [0.717, 1.165) is 5.56 Å². The number of nitro groups is 1. The number of non-ortho nitro benzene ring substituents is 1. The maximum absolute atomic E-state index is 10.7. The van der Waals surface area contributed by atoms with Crippen molar-refractivity contribution in [3.8, 4) is 12.3 Å². The molecule has 0 fully saturated rings. The molecule has 0 radical (unpaired) electrons. The first-order chi connectivity index (χ1) is 8.04. The van der Waals surface area contributed by atoms with E-state index in [0.29, 0.717) is 6.42 Å². The number of nitrogens with zero attached hydrogens (tertiary/aromatic N) is 1. The minimum absolute atomic E-state index is 0.0400. The van der Waals surface area contributed by atoms with Gasteiger partial charge in [-0.2, -0.15) is 0 Å². The lowest BCUT2D eigenvalue weighted by molar-refractivity contribution is -0.384. The summed E-state index contributed by atoms with van der Waals surface area (Å²) >= 11 is 0. The SMILES string of the molecule is C#CCC(C)NC(C)c1cccc([N+](=O)[O-])c1. The Labute approximate surface area is 101 Å². The van der Waals surface area contributed by atoms with Crippen LogP contribution in [0.1, 0.15) is 31.9 Å². The molecule has 90 valence electrons. The zero-order valence-electron chi connectivity index (χ0n) is 10.0. The Hall–Kier alpha value is -1.86. The molecule has 0 amide bonds. The highest BCUT2D eigenvalue weighted by atomic mass is 16.6. The van der Waals surface area contributed by atoms with Crippen LogP contribution in [0.25, 0.3) is 0 Å². The molecule has 0 heterocycles. The van der Waals surface area contributed by atoms with Gasteiger partial charge in [0.25, 0.3) is 5.69 Å². The van der Waals surface area contributed by atoms with Crippen LogP contribution in [0.5, 0.6) is 0 Å². The number of nitrogens with one attached hydrogen (secondary N) is 1. The average molecular weight is 232 g/mol. The second-order valence-corrected chi connectivity index (χ2v) is 4.05. The van der Waals surface area contributed by atoms with Gasteiger partial charge >= 0.3 is 0 Å². The van der Waals surface area contributed by atoms with Crippen molar-refractivity contribution in [3.63, 3.8) is 0 Å². The van der Waals surface area contributed by atoms with Crippen LogP contribution in [0.15, 0.2) is 24.3 Å². The van der Waals surface area contributed by atoms with Crippen molar-refractivity contribution in [2.75, 3.05) is 0 Å². The maximum Gasteiger partial charge on any atom is 0.269 e. The number of terminal acetylenes is 1. The molecule has 2 atom stereocenters. The van der Waals surface area contributed by atoms with E-state index in [4.69, 9.17) is 6.42 Å². The molecule has 17 heavy (non-hydrogen) atoms. The van der Waals surface area contributed by atoms with Gasteiger partial charge in [0.15, 0.2) is 0 Å². The monoisotopic (exact) mass is 232 g/mol. The molecule has 0 spiro atoms. The molecule has 0 aliphatic rings. The van der Waals surface area contributed by atoms with E-state index in [-0.39, 0.29) is 22.7 Å². The largest absolute Gasteiger partial charge is 0.307 e. The summed E-state index contributed by atoms with van der Waals surface area (Å²) < 4.78 is 0. The van der Waals surface area contributed by atoms with Gasteiger partial charge in [-0.05, 0) is 19.4 Å². The smallest absolute Gasteiger partial charge is 0.269 e. The van der Waals surface area contributed by atoms with E-state index >= 15 is 0 Å². The second kappa shape index (κ2) is 6.02. The van der Waals surface area contributed by atoms with Gasteiger partial charge in [0.1, 0.15) is 0 Å². The first-order valence-electron chi connectivity index (χ1n) is 5.48. The topological polar surface area (TPSA) is 55.2 Å². The predicted molar refractivity (Wildman–Crippen MR) is 67.6 cm³/mol. The molecule has 0 saturated carbocycles. The summed E-state index contributed by atoms with van der Waals surface area (Å²) in [5.41, 5.74) is 1.00. The Balaban J connectivity index is 2.75. The second-order valence-electron chi connectivity index (χ2n) is 4.05. The molecule has 0 bridgehead atoms. The van der Waals surface area contributed by atoms with Gasteiger partial charge in [-0.25, -0.2) is 0 Å². The van der Waals surface area contributed by atoms with Crippen LogP contribution in [0.4, 0.5) is 5.69 Å². The lowest BCUT2D eigenvalue weighted by Gasteiger charge is -2.18. The standard InChI is InChI=1S/C13H16N2O2/c1-4-6-10(2)14-11(3)12-7-5-8-13(9-12)15(16)17/h1,5,7-11,14H,6H2,2-3H3. The van der Waals surface area contributed by atoms with Gasteiger partial charge in [0.2, 0.25) is 0 Å². The van der Waals surface area contributed by atoms with Crippen molar-refractivity contribution in [2.24, 2.45) is 0 Å². The quantitative estimate of drug-likeness (QED) is 0.482. The Bertz CT molecular complexity index is 437. The summed E-state index contributed by atoms with van der Waals surface area (Å²) in [4.78, 5) is 10.3. The fourth-order valence-electron chi connectivity index (χ4n) is 1.67. The third-order valence-electron chi connectivity index (χ3n) is 2.54. The van der Waals surface area contributed by atoms with Crippen molar-refractivity contribution in [2.45, 2.75) is 32.4 Å². The Morgan fingerprint density at radius 1 is 1.53 bits per heavy atom. The predicted octanol–water partition coefficient (Wildman–Crippen LogP) is 2.66. The van der Waals surface area contributed by atoms with E-state index in [2.05, 4.69) is 11.2 Å². The minimum atomic E-state index is -0.388. The Kier molecular flexibility index (Phi) is 4.68. The molecule has 4 heteroatoms. The third kappa shape index (κ3) is 3.89. The molecule has 1 rings (SSSR count). The van der Waals surface area contributed by atoms with Gasteiger partial charge in [-0.15, -0.1) is 12.3 Å². The first kappa shape index (κ1) is 13.2. The van der Waals surface area contributed by atoms with E-state index < -0.39 is 0 Å². The highest BCUT2D eigenvalue weighted by Gasteiger charge is 2.12. The van der Waals surface area contributed by atoms with Crippen molar-refractivity contribution in [1.82, 2.24) is 5.32 Å². The molecular formula is C13H16N2O2. The highest BCUT2D eigenvalue weighted by Crippen LogP contribution is 2.19. The molecule has 2 unspecified atom stereocenters. The molecule has 0 saturated heterocycles. The van der Waals surface area contributed by atoms with Crippen LogP contribution >= 0.6 is 0 Å². The zero-order valence-corrected chi connectivity index (χ0v) is 10.0. The maximum atomic E-state index is 10.7. The summed E-state index contributed by atoms with van der Waals surface area (Å²) in [6, 6.07) is 6.86. The number of benzene rings is 1. The summed E-state index contributed by atoms with van der Waals surface area (Å²) in [5, 5.41) is 14.0. The summed E-state index contributed by atoms with van der Waals surface area (Å²) in [6.07, 6.45) is 5.87. The lowest BCUT2D eigenvalue weighted by Crippen LogP contribution is -2.28. The summed E-state index contributed by atoms with van der Waals surface area (Å²) in [5.74, 6) is 2.58.